The van der Waals surface area contributed by atoms with Crippen molar-refractivity contribution in [2.24, 2.45) is 0 Å². The van der Waals surface area contributed by atoms with Crippen molar-refractivity contribution in [3.8, 4) is 0 Å². The predicted molar refractivity (Wildman–Crippen MR) is 48.5 cm³/mol. The van der Waals surface area contributed by atoms with E-state index in [1.165, 1.54) is 0 Å². The van der Waals surface area contributed by atoms with E-state index in [1.807, 2.05) is 6.92 Å². The molecule has 0 aromatic heterocycles. The molecule has 74 valence electrons. The first-order valence-corrected chi connectivity index (χ1v) is 4.90. The standard InChI is InChI=1S/C10H16O3/c1-2-3-4-8(11)7-10-9(12)5-6-13-10/h10H,2-7H2,1H3. The van der Waals surface area contributed by atoms with Crippen LogP contribution in [0.5, 0.6) is 0 Å². The molecule has 0 radical (unpaired) electrons. The van der Waals surface area contributed by atoms with Crippen molar-refractivity contribution in [3.05, 3.63) is 0 Å². The van der Waals surface area contributed by atoms with Crippen LogP contribution in [0.4, 0.5) is 0 Å². The largest absolute Gasteiger partial charge is 0.370 e. The van der Waals surface area contributed by atoms with E-state index >= 15 is 0 Å². The van der Waals surface area contributed by atoms with Crippen LogP contribution in [0.3, 0.4) is 0 Å². The lowest BCUT2D eigenvalue weighted by Crippen LogP contribution is -2.19. The van der Waals surface area contributed by atoms with Crippen LogP contribution in [-0.2, 0) is 14.3 Å². The Kier molecular flexibility index (Phi) is 4.09. The highest BCUT2D eigenvalue weighted by molar-refractivity contribution is 5.90. The van der Waals surface area contributed by atoms with Gasteiger partial charge in [-0.05, 0) is 6.42 Å². The molecule has 3 nitrogen and oxygen atoms in total. The van der Waals surface area contributed by atoms with Crippen LogP contribution in [-0.4, -0.2) is 24.3 Å². The van der Waals surface area contributed by atoms with Crippen molar-refractivity contribution >= 4 is 11.6 Å². The summed E-state index contributed by atoms with van der Waals surface area (Å²) in [5.74, 6) is 0.243. The summed E-state index contributed by atoms with van der Waals surface area (Å²) in [5, 5.41) is 0. The lowest BCUT2D eigenvalue weighted by atomic mass is 10.1. The number of ether oxygens (including phenoxy) is 1. The van der Waals surface area contributed by atoms with Gasteiger partial charge in [0.05, 0.1) is 6.61 Å². The third kappa shape index (κ3) is 3.27. The third-order valence-corrected chi connectivity index (χ3v) is 2.25. The highest BCUT2D eigenvalue weighted by atomic mass is 16.5. The van der Waals surface area contributed by atoms with Crippen molar-refractivity contribution in [2.75, 3.05) is 6.61 Å². The average Bonchev–Trinajstić information content (AvgIpc) is 2.48. The topological polar surface area (TPSA) is 43.4 Å². The van der Waals surface area contributed by atoms with Gasteiger partial charge in [-0.2, -0.15) is 0 Å². The molecule has 1 rings (SSSR count). The fraction of sp³-hybridized carbons (Fsp3) is 0.800. The molecule has 1 saturated heterocycles. The van der Waals surface area contributed by atoms with Gasteiger partial charge in [0.15, 0.2) is 5.78 Å². The van der Waals surface area contributed by atoms with Crippen LogP contribution in [0.1, 0.15) is 39.0 Å². The molecular weight excluding hydrogens is 168 g/mol. The molecule has 0 spiro atoms. The Morgan fingerprint density at radius 3 is 2.92 bits per heavy atom. The molecular formula is C10H16O3. The minimum Gasteiger partial charge on any atom is -0.370 e. The van der Waals surface area contributed by atoms with Gasteiger partial charge in [0, 0.05) is 19.3 Å². The Labute approximate surface area is 78.5 Å². The zero-order valence-electron chi connectivity index (χ0n) is 8.04. The van der Waals surface area contributed by atoms with E-state index in [2.05, 4.69) is 0 Å². The third-order valence-electron chi connectivity index (χ3n) is 2.25. The second-order valence-corrected chi connectivity index (χ2v) is 3.42. The molecule has 13 heavy (non-hydrogen) atoms. The van der Waals surface area contributed by atoms with Gasteiger partial charge in [-0.3, -0.25) is 9.59 Å². The Morgan fingerprint density at radius 1 is 1.62 bits per heavy atom. The minimum atomic E-state index is -0.427. The van der Waals surface area contributed by atoms with E-state index in [-0.39, 0.29) is 11.6 Å². The Bertz CT molecular complexity index is 198. The van der Waals surface area contributed by atoms with Gasteiger partial charge in [-0.15, -0.1) is 0 Å². The fourth-order valence-corrected chi connectivity index (χ4v) is 1.41. The number of ketones is 2. The quantitative estimate of drug-likeness (QED) is 0.650. The molecule has 0 amide bonds. The maximum absolute atomic E-state index is 11.3. The zero-order valence-corrected chi connectivity index (χ0v) is 8.04. The summed E-state index contributed by atoms with van der Waals surface area (Å²) in [7, 11) is 0. The van der Waals surface area contributed by atoms with Gasteiger partial charge in [-0.1, -0.05) is 13.3 Å². The second kappa shape index (κ2) is 5.12. The van der Waals surface area contributed by atoms with Gasteiger partial charge in [0.2, 0.25) is 0 Å². The summed E-state index contributed by atoms with van der Waals surface area (Å²) >= 11 is 0. The summed E-state index contributed by atoms with van der Waals surface area (Å²) < 4.78 is 5.15. The summed E-state index contributed by atoms with van der Waals surface area (Å²) in [6, 6.07) is 0. The Morgan fingerprint density at radius 2 is 2.38 bits per heavy atom. The van der Waals surface area contributed by atoms with Gasteiger partial charge in [0.25, 0.3) is 0 Å². The summed E-state index contributed by atoms with van der Waals surface area (Å²) in [6.07, 6.45) is 2.86. The van der Waals surface area contributed by atoms with Crippen molar-refractivity contribution in [1.29, 1.82) is 0 Å². The molecule has 0 aliphatic carbocycles. The average molecular weight is 184 g/mol. The first kappa shape index (κ1) is 10.4. The van der Waals surface area contributed by atoms with Gasteiger partial charge >= 0.3 is 0 Å². The summed E-state index contributed by atoms with van der Waals surface area (Å²) in [6.45, 7) is 2.54. The van der Waals surface area contributed by atoms with E-state index in [0.29, 0.717) is 25.9 Å². The van der Waals surface area contributed by atoms with Crippen molar-refractivity contribution in [3.63, 3.8) is 0 Å². The molecule has 1 heterocycles. The minimum absolute atomic E-state index is 0.0878. The van der Waals surface area contributed by atoms with Gasteiger partial charge < -0.3 is 4.74 Å². The smallest absolute Gasteiger partial charge is 0.164 e. The summed E-state index contributed by atoms with van der Waals surface area (Å²) in [5.41, 5.74) is 0. The molecule has 0 aromatic rings. The van der Waals surface area contributed by atoms with Crippen LogP contribution in [0.2, 0.25) is 0 Å². The zero-order chi connectivity index (χ0) is 9.68. The van der Waals surface area contributed by atoms with Crippen LogP contribution < -0.4 is 0 Å². The first-order chi connectivity index (χ1) is 6.24. The number of carbonyl (C=O) groups excluding carboxylic acids is 2. The van der Waals surface area contributed by atoms with E-state index in [1.54, 1.807) is 0 Å². The van der Waals surface area contributed by atoms with Gasteiger partial charge in [-0.25, -0.2) is 0 Å². The SMILES string of the molecule is CCCCC(=O)CC1OCCC1=O. The van der Waals surface area contributed by atoms with Crippen molar-refractivity contribution in [2.45, 2.75) is 45.1 Å². The number of hydrogen-bond acceptors (Lipinski definition) is 3. The van der Waals surface area contributed by atoms with Crippen LogP contribution in [0.15, 0.2) is 0 Å². The van der Waals surface area contributed by atoms with E-state index in [9.17, 15) is 9.59 Å². The predicted octanol–water partition coefficient (Wildman–Crippen LogP) is 1.49. The fourth-order valence-electron chi connectivity index (χ4n) is 1.41. The van der Waals surface area contributed by atoms with E-state index < -0.39 is 6.10 Å². The Balaban J connectivity index is 2.23. The number of carbonyl (C=O) groups is 2. The second-order valence-electron chi connectivity index (χ2n) is 3.42. The highest BCUT2D eigenvalue weighted by Gasteiger charge is 2.26. The molecule has 1 unspecified atom stereocenters. The number of hydrogen-bond donors (Lipinski definition) is 0. The maximum atomic E-state index is 11.3. The van der Waals surface area contributed by atoms with Crippen molar-refractivity contribution < 1.29 is 14.3 Å². The molecule has 1 aliphatic heterocycles. The number of rotatable bonds is 5. The molecule has 0 saturated carbocycles. The number of Topliss-reactive ketones (excluding diaryl/α,β-unsaturated/α-hetero) is 2. The van der Waals surface area contributed by atoms with Crippen molar-refractivity contribution in [1.82, 2.24) is 0 Å². The van der Waals surface area contributed by atoms with Gasteiger partial charge in [0.1, 0.15) is 11.9 Å². The first-order valence-electron chi connectivity index (χ1n) is 4.90. The van der Waals surface area contributed by atoms with E-state index in [4.69, 9.17) is 4.74 Å². The monoisotopic (exact) mass is 184 g/mol. The molecule has 3 heteroatoms. The number of unbranched alkanes of at least 4 members (excludes halogenated alkanes) is 1. The molecule has 1 aliphatic rings. The lowest BCUT2D eigenvalue weighted by Gasteiger charge is -2.05. The maximum Gasteiger partial charge on any atom is 0.164 e. The van der Waals surface area contributed by atoms with Crippen LogP contribution >= 0.6 is 0 Å². The van der Waals surface area contributed by atoms with E-state index in [0.717, 1.165) is 12.8 Å². The summed E-state index contributed by atoms with van der Waals surface area (Å²) in [4.78, 5) is 22.4. The molecule has 0 N–H and O–H groups in total. The molecule has 1 atom stereocenters. The van der Waals surface area contributed by atoms with Crippen LogP contribution in [0.25, 0.3) is 0 Å². The molecule has 0 bridgehead atoms. The normalized spacial score (nSPS) is 22.2. The molecule has 0 aromatic carbocycles. The lowest BCUT2D eigenvalue weighted by molar-refractivity contribution is -0.128. The molecule has 1 fully saturated rings. The highest BCUT2D eigenvalue weighted by Crippen LogP contribution is 2.13. The van der Waals surface area contributed by atoms with Crippen LogP contribution in [0, 0.1) is 0 Å². The Hall–Kier alpha value is -0.700.